The van der Waals surface area contributed by atoms with Crippen molar-refractivity contribution in [1.29, 1.82) is 0 Å². The van der Waals surface area contributed by atoms with Gasteiger partial charge in [0.25, 0.3) is 6.43 Å². The highest BCUT2D eigenvalue weighted by atomic mass is 19.3. The lowest BCUT2D eigenvalue weighted by molar-refractivity contribution is -0.134. The van der Waals surface area contributed by atoms with Gasteiger partial charge in [-0.25, -0.2) is 18.2 Å². The molecule has 0 radical (unpaired) electrons. The quantitative estimate of drug-likeness (QED) is 0.418. The highest BCUT2D eigenvalue weighted by Crippen LogP contribution is 2.24. The minimum absolute atomic E-state index is 0.0864. The van der Waals surface area contributed by atoms with Gasteiger partial charge in [0.2, 0.25) is 11.3 Å². The van der Waals surface area contributed by atoms with Crippen molar-refractivity contribution in [2.45, 2.75) is 19.4 Å². The van der Waals surface area contributed by atoms with E-state index in [1.807, 2.05) is 0 Å². The standard InChI is InChI=1S/C24H22F3N5O4/c25-15-9-16-17(10-20(15)36-13-21(26)27)29-22(28-16)12-32-19-4-2-1-3-14(19)24(34)18(30-32)11-23(33)31-5-7-35-8-6-31/h1-4,9-10,21H,5-8,11-13H2,(H,28,29). The number of carbonyl (C=O) groups excluding carboxylic acids is 1. The first-order valence-corrected chi connectivity index (χ1v) is 11.3. The summed E-state index contributed by atoms with van der Waals surface area (Å²) in [5, 5.41) is 4.87. The fourth-order valence-corrected chi connectivity index (χ4v) is 4.14. The number of aromatic amines is 1. The lowest BCUT2D eigenvalue weighted by atomic mass is 10.1. The van der Waals surface area contributed by atoms with Crippen molar-refractivity contribution in [1.82, 2.24) is 24.6 Å². The van der Waals surface area contributed by atoms with Crippen LogP contribution in [0.2, 0.25) is 0 Å². The molecule has 5 rings (SSSR count). The number of fused-ring (bicyclic) bond motifs is 2. The van der Waals surface area contributed by atoms with E-state index in [2.05, 4.69) is 15.1 Å². The molecule has 2 aromatic heterocycles. The maximum Gasteiger partial charge on any atom is 0.272 e. The number of aromatic nitrogens is 4. The van der Waals surface area contributed by atoms with Gasteiger partial charge < -0.3 is 19.4 Å². The number of carbonyl (C=O) groups is 1. The molecule has 1 amide bonds. The summed E-state index contributed by atoms with van der Waals surface area (Å²) in [6, 6.07) is 9.26. The first-order valence-electron chi connectivity index (χ1n) is 11.3. The summed E-state index contributed by atoms with van der Waals surface area (Å²) in [6.07, 6.45) is -2.89. The van der Waals surface area contributed by atoms with Crippen LogP contribution >= 0.6 is 0 Å². The lowest BCUT2D eigenvalue weighted by Crippen LogP contribution is -2.42. The second kappa shape index (κ2) is 9.97. The summed E-state index contributed by atoms with van der Waals surface area (Å²) in [4.78, 5) is 34.9. The van der Waals surface area contributed by atoms with E-state index < -0.39 is 18.8 Å². The number of ether oxygens (including phenoxy) is 2. The molecule has 0 unspecified atom stereocenters. The van der Waals surface area contributed by atoms with Gasteiger partial charge in [0.1, 0.15) is 18.1 Å². The predicted octanol–water partition coefficient (Wildman–Crippen LogP) is 2.51. The summed E-state index contributed by atoms with van der Waals surface area (Å²) >= 11 is 0. The van der Waals surface area contributed by atoms with Gasteiger partial charge in [-0.15, -0.1) is 0 Å². The first kappa shape index (κ1) is 23.8. The van der Waals surface area contributed by atoms with Crippen LogP contribution in [0.1, 0.15) is 11.5 Å². The summed E-state index contributed by atoms with van der Waals surface area (Å²) in [7, 11) is 0. The van der Waals surface area contributed by atoms with Crippen LogP contribution in [0.5, 0.6) is 5.75 Å². The number of H-pyrrole nitrogens is 1. The monoisotopic (exact) mass is 501 g/mol. The molecule has 4 aromatic rings. The third-order valence-electron chi connectivity index (χ3n) is 5.86. The molecule has 1 fully saturated rings. The Morgan fingerprint density at radius 1 is 1.19 bits per heavy atom. The van der Waals surface area contributed by atoms with Gasteiger partial charge in [0.15, 0.2) is 11.6 Å². The molecule has 2 aromatic carbocycles. The number of halogens is 3. The number of imidazole rings is 1. The summed E-state index contributed by atoms with van der Waals surface area (Å²) < 4.78 is 50.9. The normalized spacial score (nSPS) is 14.2. The van der Waals surface area contributed by atoms with Crippen LogP contribution in [-0.4, -0.2) is 69.9 Å². The highest BCUT2D eigenvalue weighted by Gasteiger charge is 2.21. The van der Waals surface area contributed by atoms with Crippen LogP contribution in [0, 0.1) is 5.82 Å². The van der Waals surface area contributed by atoms with Crippen LogP contribution < -0.4 is 10.2 Å². The Hall–Kier alpha value is -3.93. The number of nitrogens with zero attached hydrogens (tertiary/aromatic N) is 4. The Morgan fingerprint density at radius 2 is 1.97 bits per heavy atom. The van der Waals surface area contributed by atoms with Crippen LogP contribution in [0.15, 0.2) is 41.2 Å². The maximum absolute atomic E-state index is 14.3. The van der Waals surface area contributed by atoms with Crippen LogP contribution in [-0.2, 0) is 22.5 Å². The molecule has 0 atom stereocenters. The molecule has 1 N–H and O–H groups in total. The smallest absolute Gasteiger partial charge is 0.272 e. The molecule has 1 aliphatic heterocycles. The molecule has 9 nitrogen and oxygen atoms in total. The highest BCUT2D eigenvalue weighted by molar-refractivity contribution is 5.82. The van der Waals surface area contributed by atoms with Gasteiger partial charge in [0, 0.05) is 30.6 Å². The van der Waals surface area contributed by atoms with Crippen LogP contribution in [0.3, 0.4) is 0 Å². The molecule has 1 saturated heterocycles. The van der Waals surface area contributed by atoms with Crippen LogP contribution in [0.4, 0.5) is 13.2 Å². The number of morpholine rings is 1. The second-order valence-electron chi connectivity index (χ2n) is 8.31. The number of hydrogen-bond acceptors (Lipinski definition) is 6. The summed E-state index contributed by atoms with van der Waals surface area (Å²) in [5.41, 5.74) is 0.993. The van der Waals surface area contributed by atoms with E-state index in [1.54, 1.807) is 33.8 Å². The fraction of sp³-hybridized carbons (Fsp3) is 0.333. The average Bonchev–Trinajstić information content (AvgIpc) is 3.26. The van der Waals surface area contributed by atoms with Gasteiger partial charge in [-0.2, -0.15) is 5.10 Å². The number of nitrogens with one attached hydrogen (secondary N) is 1. The third-order valence-corrected chi connectivity index (χ3v) is 5.86. The summed E-state index contributed by atoms with van der Waals surface area (Å²) in [5.74, 6) is -0.937. The van der Waals surface area contributed by atoms with E-state index >= 15 is 0 Å². The molecule has 36 heavy (non-hydrogen) atoms. The number of rotatable bonds is 7. The molecular weight excluding hydrogens is 479 g/mol. The molecule has 0 saturated carbocycles. The number of amides is 1. The number of alkyl halides is 2. The molecule has 0 bridgehead atoms. The number of para-hydroxylation sites is 1. The van der Waals surface area contributed by atoms with Crippen molar-refractivity contribution in [2.75, 3.05) is 32.9 Å². The van der Waals surface area contributed by atoms with Gasteiger partial charge in [-0.1, -0.05) is 12.1 Å². The fourth-order valence-electron chi connectivity index (χ4n) is 4.14. The molecule has 1 aliphatic rings. The Labute approximate surface area is 202 Å². The van der Waals surface area contributed by atoms with Gasteiger partial charge in [-0.3, -0.25) is 14.3 Å². The molecule has 188 valence electrons. The predicted molar refractivity (Wildman–Crippen MR) is 124 cm³/mol. The Balaban J connectivity index is 1.47. The lowest BCUT2D eigenvalue weighted by Gasteiger charge is -2.26. The molecule has 0 spiro atoms. The Kier molecular flexibility index (Phi) is 6.59. The minimum atomic E-state index is -2.74. The van der Waals surface area contributed by atoms with Crippen molar-refractivity contribution in [3.8, 4) is 5.75 Å². The zero-order valence-electron chi connectivity index (χ0n) is 19.0. The molecule has 12 heteroatoms. The van der Waals surface area contributed by atoms with E-state index in [-0.39, 0.29) is 35.7 Å². The van der Waals surface area contributed by atoms with Crippen molar-refractivity contribution < 1.29 is 27.4 Å². The van der Waals surface area contributed by atoms with Crippen molar-refractivity contribution in [2.24, 2.45) is 0 Å². The topological polar surface area (TPSA) is 102 Å². The Bertz CT molecular complexity index is 1480. The number of benzene rings is 2. The van der Waals surface area contributed by atoms with Crippen molar-refractivity contribution in [3.05, 3.63) is 64.0 Å². The molecule has 3 heterocycles. The van der Waals surface area contributed by atoms with E-state index in [9.17, 15) is 22.8 Å². The molecule has 0 aliphatic carbocycles. The number of hydrogen-bond donors (Lipinski definition) is 1. The third kappa shape index (κ3) is 4.89. The zero-order valence-corrected chi connectivity index (χ0v) is 19.0. The van der Waals surface area contributed by atoms with E-state index in [0.29, 0.717) is 54.1 Å². The van der Waals surface area contributed by atoms with E-state index in [1.165, 1.54) is 6.07 Å². The van der Waals surface area contributed by atoms with E-state index in [4.69, 9.17) is 9.47 Å². The first-order chi connectivity index (χ1) is 17.4. The minimum Gasteiger partial charge on any atom is -0.484 e. The molecular formula is C24H22F3N5O4. The largest absolute Gasteiger partial charge is 0.484 e. The second-order valence-corrected chi connectivity index (χ2v) is 8.31. The SMILES string of the molecule is O=C(Cc1nn(Cc2nc3cc(OCC(F)F)c(F)cc3[nH]2)c2ccccc2c1=O)N1CCOCC1. The van der Waals surface area contributed by atoms with Gasteiger partial charge in [0.05, 0.1) is 42.7 Å². The average molecular weight is 501 g/mol. The van der Waals surface area contributed by atoms with Crippen molar-refractivity contribution in [3.63, 3.8) is 0 Å². The van der Waals surface area contributed by atoms with Crippen LogP contribution in [0.25, 0.3) is 21.9 Å². The van der Waals surface area contributed by atoms with Gasteiger partial charge >= 0.3 is 0 Å². The summed E-state index contributed by atoms with van der Waals surface area (Å²) in [6.45, 7) is 0.964. The zero-order chi connectivity index (χ0) is 25.2. The van der Waals surface area contributed by atoms with Gasteiger partial charge in [-0.05, 0) is 12.1 Å². The maximum atomic E-state index is 14.3. The van der Waals surface area contributed by atoms with Crippen molar-refractivity contribution >= 4 is 27.8 Å². The van der Waals surface area contributed by atoms with E-state index in [0.717, 1.165) is 6.07 Å². The Morgan fingerprint density at radius 3 is 2.75 bits per heavy atom.